The molecule has 5 nitrogen and oxygen atoms in total. The molecule has 4 aliphatic carbocycles. The zero-order valence-electron chi connectivity index (χ0n) is 27.5. The fourth-order valence-corrected chi connectivity index (χ4v) is 12.6. The minimum atomic E-state index is -1.73. The van der Waals surface area contributed by atoms with Crippen LogP contribution in [0.15, 0.2) is 5.16 Å². The molecule has 0 aliphatic heterocycles. The molecule has 0 N–H and O–H groups in total. The number of hydrogen-bond acceptors (Lipinski definition) is 5. The van der Waals surface area contributed by atoms with Crippen molar-refractivity contribution in [2.75, 3.05) is 13.7 Å². The Morgan fingerprint density at radius 2 is 1.46 bits per heavy atom. The van der Waals surface area contributed by atoms with E-state index in [9.17, 15) is 0 Å². The fraction of sp³-hybridized carbons (Fsp3) is 0.968. The van der Waals surface area contributed by atoms with Crippen molar-refractivity contribution in [3.63, 3.8) is 0 Å². The molecule has 9 atom stereocenters. The highest BCUT2D eigenvalue weighted by Gasteiger charge is 2.64. The van der Waals surface area contributed by atoms with Crippen molar-refractivity contribution >= 4 is 30.7 Å². The van der Waals surface area contributed by atoms with Crippen molar-refractivity contribution in [3.8, 4) is 0 Å². The van der Waals surface area contributed by atoms with E-state index in [1.807, 2.05) is 0 Å². The Morgan fingerprint density at radius 3 is 2.05 bits per heavy atom. The molecule has 0 amide bonds. The van der Waals surface area contributed by atoms with Gasteiger partial charge in [0, 0.05) is 18.1 Å². The minimum Gasteiger partial charge on any atom is -0.415 e. The maximum Gasteiger partial charge on any atom is 0.184 e. The van der Waals surface area contributed by atoms with Crippen LogP contribution in [0.3, 0.4) is 0 Å². The van der Waals surface area contributed by atoms with Gasteiger partial charge >= 0.3 is 0 Å². The lowest BCUT2D eigenvalue weighted by atomic mass is 9.44. The highest BCUT2D eigenvalue weighted by atomic mass is 28.4. The molecule has 0 aromatic heterocycles. The van der Waals surface area contributed by atoms with E-state index in [0.717, 1.165) is 29.9 Å². The van der Waals surface area contributed by atoms with Gasteiger partial charge < -0.3 is 18.1 Å². The highest BCUT2D eigenvalue weighted by molar-refractivity contribution is 6.70. The van der Waals surface area contributed by atoms with Gasteiger partial charge in [-0.15, -0.1) is 0 Å². The quantitative estimate of drug-likeness (QED) is 0.152. The molecule has 39 heavy (non-hydrogen) atoms. The average Bonchev–Trinajstić information content (AvgIpc) is 3.10. The molecule has 0 spiro atoms. The Hall–Kier alpha value is 0.000649. The fourth-order valence-electron chi connectivity index (χ4n) is 9.62. The molecule has 5 unspecified atom stereocenters. The standard InChI is InChI=1S/C31H61NO4Si3/c1-30-18-17-23(35-38(7,8)9)19-22(30)13-14-24-25-15-16-26(27(32-33-3)21-34-37(4,5)6)31(25,2)20-28(29(24)30)36-39(10,11)12/h22-26,28-29H,13-21H2,1-12H3/b32-27+/t22?,23-,24?,25?,26+,28?,29?,30-,31-/m0/s1. The molecule has 0 aromatic rings. The highest BCUT2D eigenvalue weighted by Crippen LogP contribution is 2.68. The second kappa shape index (κ2) is 11.3. The lowest BCUT2D eigenvalue weighted by Crippen LogP contribution is -2.61. The van der Waals surface area contributed by atoms with Crippen LogP contribution in [0.1, 0.15) is 65.2 Å². The van der Waals surface area contributed by atoms with Crippen LogP contribution in [0, 0.1) is 40.4 Å². The van der Waals surface area contributed by atoms with Gasteiger partial charge in [-0.05, 0) is 145 Å². The summed E-state index contributed by atoms with van der Waals surface area (Å²) in [5.41, 5.74) is 1.68. The van der Waals surface area contributed by atoms with Crippen LogP contribution in [0.2, 0.25) is 58.9 Å². The minimum absolute atomic E-state index is 0.187. The van der Waals surface area contributed by atoms with Gasteiger partial charge in [-0.2, -0.15) is 0 Å². The third kappa shape index (κ3) is 6.98. The molecule has 226 valence electrons. The number of fused-ring (bicyclic) bond motifs is 5. The zero-order chi connectivity index (χ0) is 29.0. The van der Waals surface area contributed by atoms with E-state index < -0.39 is 25.0 Å². The summed E-state index contributed by atoms with van der Waals surface area (Å²) in [7, 11) is -3.21. The summed E-state index contributed by atoms with van der Waals surface area (Å²) in [6.07, 6.45) is 11.0. The Kier molecular flexibility index (Phi) is 9.21. The van der Waals surface area contributed by atoms with Crippen molar-refractivity contribution in [3.05, 3.63) is 0 Å². The Balaban J connectivity index is 1.64. The molecule has 4 rings (SSSR count). The summed E-state index contributed by atoms with van der Waals surface area (Å²) in [5.74, 6) is 3.32. The molecule has 0 aromatic carbocycles. The van der Waals surface area contributed by atoms with Crippen LogP contribution >= 0.6 is 0 Å². The van der Waals surface area contributed by atoms with Crippen LogP contribution in [0.5, 0.6) is 0 Å². The summed E-state index contributed by atoms with van der Waals surface area (Å²) >= 11 is 0. The van der Waals surface area contributed by atoms with E-state index in [0.29, 0.717) is 36.1 Å². The molecule has 4 aliphatic rings. The first-order chi connectivity index (χ1) is 17.9. The van der Waals surface area contributed by atoms with Gasteiger partial charge in [-0.3, -0.25) is 0 Å². The van der Waals surface area contributed by atoms with E-state index in [4.69, 9.17) is 18.1 Å². The maximum atomic E-state index is 7.26. The molecule has 0 heterocycles. The summed E-state index contributed by atoms with van der Waals surface area (Å²) in [5, 5.41) is 4.64. The molecule has 0 bridgehead atoms. The molecule has 8 heteroatoms. The summed E-state index contributed by atoms with van der Waals surface area (Å²) in [4.78, 5) is 5.44. The van der Waals surface area contributed by atoms with Gasteiger partial charge in [0.1, 0.15) is 7.11 Å². The summed E-state index contributed by atoms with van der Waals surface area (Å²) < 4.78 is 20.4. The van der Waals surface area contributed by atoms with Gasteiger partial charge in [-0.1, -0.05) is 19.0 Å². The molecular formula is C31H61NO4Si3. The first-order valence-electron chi connectivity index (χ1n) is 16.0. The first kappa shape index (κ1) is 31.9. The van der Waals surface area contributed by atoms with Crippen LogP contribution in [0.4, 0.5) is 0 Å². The van der Waals surface area contributed by atoms with Crippen LogP contribution < -0.4 is 0 Å². The third-order valence-corrected chi connectivity index (χ3v) is 13.9. The number of rotatable bonds is 9. The maximum absolute atomic E-state index is 7.26. The summed E-state index contributed by atoms with van der Waals surface area (Å²) in [6.45, 7) is 26.9. The third-order valence-electron chi connectivity index (χ3n) is 10.8. The molecule has 0 radical (unpaired) electrons. The van der Waals surface area contributed by atoms with Gasteiger partial charge in [0.05, 0.1) is 12.3 Å². The van der Waals surface area contributed by atoms with E-state index in [-0.39, 0.29) is 5.41 Å². The molecule has 0 saturated heterocycles. The smallest absolute Gasteiger partial charge is 0.184 e. The average molecular weight is 596 g/mol. The topological polar surface area (TPSA) is 49.3 Å². The van der Waals surface area contributed by atoms with Crippen molar-refractivity contribution in [2.45, 2.75) is 136 Å². The van der Waals surface area contributed by atoms with E-state index in [2.05, 4.69) is 77.9 Å². The zero-order valence-corrected chi connectivity index (χ0v) is 30.5. The van der Waals surface area contributed by atoms with Crippen LogP contribution in [0.25, 0.3) is 0 Å². The van der Waals surface area contributed by atoms with Gasteiger partial charge in [0.2, 0.25) is 0 Å². The van der Waals surface area contributed by atoms with Gasteiger partial charge in [0.25, 0.3) is 0 Å². The Bertz CT molecular complexity index is 894. The van der Waals surface area contributed by atoms with Crippen molar-refractivity contribution in [1.82, 2.24) is 0 Å². The number of oxime groups is 1. The lowest BCUT2D eigenvalue weighted by Gasteiger charge is -2.64. The van der Waals surface area contributed by atoms with Crippen molar-refractivity contribution in [1.29, 1.82) is 0 Å². The van der Waals surface area contributed by atoms with E-state index in [1.54, 1.807) is 7.11 Å². The number of nitrogens with zero attached hydrogens (tertiary/aromatic N) is 1. The predicted octanol–water partition coefficient (Wildman–Crippen LogP) is 8.55. The number of hydrogen-bond donors (Lipinski definition) is 0. The Morgan fingerprint density at radius 1 is 0.795 bits per heavy atom. The van der Waals surface area contributed by atoms with Crippen molar-refractivity contribution < 1.29 is 18.1 Å². The van der Waals surface area contributed by atoms with Crippen LogP contribution in [-0.4, -0.2) is 56.6 Å². The SMILES string of the molecule is CO/N=C(\CO[Si](C)(C)C)[C@H]1CCC2C3CCC4C[C@@H](O[Si](C)(C)C)CC[C@]4(C)C3C(O[Si](C)(C)C)C[C@@]21C. The van der Waals surface area contributed by atoms with Crippen molar-refractivity contribution in [2.24, 2.45) is 45.6 Å². The summed E-state index contributed by atoms with van der Waals surface area (Å²) in [6, 6.07) is 0. The first-order valence-corrected chi connectivity index (χ1v) is 26.2. The normalized spacial score (nSPS) is 41.5. The molecule has 4 saturated carbocycles. The molecular weight excluding hydrogens is 535 g/mol. The monoisotopic (exact) mass is 595 g/mol. The van der Waals surface area contributed by atoms with Crippen LogP contribution in [-0.2, 0) is 18.1 Å². The largest absolute Gasteiger partial charge is 0.415 e. The second-order valence-electron chi connectivity index (χ2n) is 17.0. The van der Waals surface area contributed by atoms with E-state index >= 15 is 0 Å². The predicted molar refractivity (Wildman–Crippen MR) is 171 cm³/mol. The second-order valence-corrected chi connectivity index (χ2v) is 30.4. The Labute approximate surface area is 243 Å². The van der Waals surface area contributed by atoms with Gasteiger partial charge in [-0.25, -0.2) is 0 Å². The van der Waals surface area contributed by atoms with E-state index in [1.165, 1.54) is 44.9 Å². The van der Waals surface area contributed by atoms with Gasteiger partial charge in [0.15, 0.2) is 25.0 Å². The lowest BCUT2D eigenvalue weighted by molar-refractivity contribution is -0.168. The molecule has 4 fully saturated rings.